The summed E-state index contributed by atoms with van der Waals surface area (Å²) in [5, 5.41) is 18.8. The topological polar surface area (TPSA) is 85.2 Å². The van der Waals surface area contributed by atoms with Gasteiger partial charge in [0.1, 0.15) is 29.7 Å². The molecule has 0 spiro atoms. The number of hydrogen-bond acceptors (Lipinski definition) is 7. The van der Waals surface area contributed by atoms with E-state index in [4.69, 9.17) is 14.2 Å². The summed E-state index contributed by atoms with van der Waals surface area (Å²) in [5.41, 5.74) is 2.43. The van der Waals surface area contributed by atoms with E-state index >= 15 is 0 Å². The van der Waals surface area contributed by atoms with Crippen LogP contribution in [0.5, 0.6) is 11.5 Å². The van der Waals surface area contributed by atoms with Gasteiger partial charge in [-0.1, -0.05) is 12.1 Å². The zero-order valence-electron chi connectivity index (χ0n) is 18.5. The van der Waals surface area contributed by atoms with Crippen molar-refractivity contribution in [2.45, 2.75) is 25.0 Å². The van der Waals surface area contributed by atoms with E-state index in [9.17, 15) is 19.4 Å². The molecule has 0 amide bonds. The van der Waals surface area contributed by atoms with Crippen LogP contribution in [0.3, 0.4) is 0 Å². The van der Waals surface area contributed by atoms with Gasteiger partial charge in [0.05, 0.1) is 33.5 Å². The molecule has 0 aliphatic rings. The van der Waals surface area contributed by atoms with E-state index in [-0.39, 0.29) is 25.5 Å². The van der Waals surface area contributed by atoms with Gasteiger partial charge in [-0.15, -0.1) is 11.3 Å². The lowest BCUT2D eigenvalue weighted by Crippen LogP contribution is -2.25. The molecule has 8 heteroatoms. The average Bonchev–Trinajstić information content (AvgIpc) is 3.30. The molecule has 1 heterocycles. The lowest BCUT2D eigenvalue weighted by Gasteiger charge is -2.24. The number of rotatable bonds is 12. The third-order valence-electron chi connectivity index (χ3n) is 5.21. The first-order valence-electron chi connectivity index (χ1n) is 10.4. The van der Waals surface area contributed by atoms with E-state index in [1.165, 1.54) is 19.2 Å². The van der Waals surface area contributed by atoms with Gasteiger partial charge in [0, 0.05) is 34.2 Å². The van der Waals surface area contributed by atoms with Gasteiger partial charge in [0.25, 0.3) is 0 Å². The number of hydrogen-bond donors (Lipinski definition) is 2. The third kappa shape index (κ3) is 6.17. The quantitative estimate of drug-likeness (QED) is 0.384. The van der Waals surface area contributed by atoms with Crippen LogP contribution in [0.2, 0.25) is 0 Å². The predicted molar refractivity (Wildman–Crippen MR) is 125 cm³/mol. The largest absolute Gasteiger partial charge is 0.496 e. The number of carbonyl (C=O) groups excluding carboxylic acids is 1. The summed E-state index contributed by atoms with van der Waals surface area (Å²) in [4.78, 5) is 13.4. The third-order valence-corrected chi connectivity index (χ3v) is 6.34. The smallest absolute Gasteiger partial charge is 0.128 e. The van der Waals surface area contributed by atoms with Crippen LogP contribution >= 0.6 is 11.3 Å². The van der Waals surface area contributed by atoms with Gasteiger partial charge in [-0.3, -0.25) is 0 Å². The molecular formula is C25H27FO6S. The molecule has 0 saturated carbocycles. The number of benzene rings is 2. The van der Waals surface area contributed by atoms with Crippen molar-refractivity contribution in [3.8, 4) is 21.9 Å². The number of carbonyl (C=O) groups is 1. The lowest BCUT2D eigenvalue weighted by atomic mass is 9.99. The summed E-state index contributed by atoms with van der Waals surface area (Å²) in [6.07, 6.45) is -0.200. The molecular weight excluding hydrogens is 447 g/mol. The first-order chi connectivity index (χ1) is 16.0. The first kappa shape index (κ1) is 24.9. The number of aliphatic hydroxyl groups excluding tert-OH is 2. The fourth-order valence-corrected chi connectivity index (χ4v) is 4.57. The number of methoxy groups -OCH3 is 2. The molecule has 2 N–H and O–H groups in total. The van der Waals surface area contributed by atoms with Crippen LogP contribution in [0.4, 0.5) is 4.39 Å². The molecule has 33 heavy (non-hydrogen) atoms. The molecule has 1 aromatic heterocycles. The summed E-state index contributed by atoms with van der Waals surface area (Å²) in [6.45, 7) is -0.753. The summed E-state index contributed by atoms with van der Waals surface area (Å²) in [7, 11) is 3.09. The van der Waals surface area contributed by atoms with Gasteiger partial charge in [-0.25, -0.2) is 4.39 Å². The molecule has 0 aliphatic heterocycles. The van der Waals surface area contributed by atoms with E-state index in [2.05, 4.69) is 0 Å². The Morgan fingerprint density at radius 1 is 1.00 bits per heavy atom. The van der Waals surface area contributed by atoms with Crippen LogP contribution in [0.15, 0.2) is 48.5 Å². The Hall–Kier alpha value is -2.78. The summed E-state index contributed by atoms with van der Waals surface area (Å²) < 4.78 is 30.1. The molecule has 0 fully saturated rings. The van der Waals surface area contributed by atoms with Crippen molar-refractivity contribution in [2.24, 2.45) is 0 Å². The van der Waals surface area contributed by atoms with Crippen molar-refractivity contribution in [3.63, 3.8) is 0 Å². The van der Waals surface area contributed by atoms with Crippen molar-refractivity contribution in [3.05, 3.63) is 70.4 Å². The Kier molecular flexibility index (Phi) is 8.96. The highest BCUT2D eigenvalue weighted by Crippen LogP contribution is 2.38. The molecule has 0 aliphatic carbocycles. The van der Waals surface area contributed by atoms with E-state index in [0.717, 1.165) is 27.2 Å². The Balaban J connectivity index is 1.94. The monoisotopic (exact) mass is 474 g/mol. The molecule has 0 radical (unpaired) electrons. The number of aldehydes is 1. The maximum absolute atomic E-state index is 13.2. The van der Waals surface area contributed by atoms with Gasteiger partial charge in [0.2, 0.25) is 0 Å². The number of thiophene rings is 1. The molecule has 1 unspecified atom stereocenters. The summed E-state index contributed by atoms with van der Waals surface area (Å²) >= 11 is 1.60. The molecule has 3 aromatic rings. The van der Waals surface area contributed by atoms with Crippen LogP contribution in [-0.2, 0) is 16.0 Å². The van der Waals surface area contributed by atoms with Gasteiger partial charge >= 0.3 is 0 Å². The van der Waals surface area contributed by atoms with Crippen LogP contribution in [-0.4, -0.2) is 50.0 Å². The lowest BCUT2D eigenvalue weighted by molar-refractivity contribution is -0.114. The highest BCUT2D eigenvalue weighted by molar-refractivity contribution is 7.15. The molecule has 2 aromatic carbocycles. The zero-order chi connectivity index (χ0) is 23.8. The Morgan fingerprint density at radius 3 is 2.30 bits per heavy atom. The second-order valence-electron chi connectivity index (χ2n) is 7.37. The van der Waals surface area contributed by atoms with Gasteiger partial charge in [-0.05, 0) is 41.5 Å². The highest BCUT2D eigenvalue weighted by atomic mass is 32.1. The van der Waals surface area contributed by atoms with Crippen molar-refractivity contribution < 1.29 is 33.6 Å². The van der Waals surface area contributed by atoms with Gasteiger partial charge in [0.15, 0.2) is 0 Å². The molecule has 0 saturated heterocycles. The predicted octanol–water partition coefficient (Wildman–Crippen LogP) is 4.16. The maximum atomic E-state index is 13.2. The van der Waals surface area contributed by atoms with Crippen LogP contribution in [0.25, 0.3) is 10.4 Å². The standard InChI is InChI=1S/C25H27FO6S/c1-30-23-13-24(31-2)21(22(9-10-27)32-19(14-28)15-29)12-17(23)11-20-7-8-25(33-20)16-3-5-18(26)6-4-16/h3-8,10,12-13,19,22,28-29H,9,11,14-15H2,1-2H3. The SMILES string of the molecule is COc1cc(OC)c(C(CC=O)OC(CO)CO)cc1Cc1ccc(-c2ccc(F)cc2)s1. The van der Waals surface area contributed by atoms with Gasteiger partial charge < -0.3 is 29.2 Å². The molecule has 0 bridgehead atoms. The Morgan fingerprint density at radius 2 is 1.70 bits per heavy atom. The van der Waals surface area contributed by atoms with Crippen molar-refractivity contribution in [1.82, 2.24) is 0 Å². The fraction of sp³-hybridized carbons (Fsp3) is 0.320. The van der Waals surface area contributed by atoms with Crippen molar-refractivity contribution in [1.29, 1.82) is 0 Å². The summed E-state index contributed by atoms with van der Waals surface area (Å²) in [6, 6.07) is 14.0. The van der Waals surface area contributed by atoms with Crippen molar-refractivity contribution >= 4 is 17.6 Å². The Labute approximate surface area is 196 Å². The van der Waals surface area contributed by atoms with Gasteiger partial charge in [-0.2, -0.15) is 0 Å². The molecule has 6 nitrogen and oxygen atoms in total. The molecule has 1 atom stereocenters. The molecule has 176 valence electrons. The number of aliphatic hydroxyl groups is 2. The zero-order valence-corrected chi connectivity index (χ0v) is 19.3. The van der Waals surface area contributed by atoms with Crippen LogP contribution in [0.1, 0.15) is 28.5 Å². The highest BCUT2D eigenvalue weighted by Gasteiger charge is 2.23. The second kappa shape index (κ2) is 11.9. The van der Waals surface area contributed by atoms with E-state index in [1.54, 1.807) is 36.6 Å². The maximum Gasteiger partial charge on any atom is 0.128 e. The number of ether oxygens (including phenoxy) is 3. The average molecular weight is 475 g/mol. The normalized spacial score (nSPS) is 12.1. The minimum absolute atomic E-state index is 0.0341. The van der Waals surface area contributed by atoms with Crippen LogP contribution < -0.4 is 9.47 Å². The van der Waals surface area contributed by atoms with Crippen LogP contribution in [0, 0.1) is 5.82 Å². The van der Waals surface area contributed by atoms with E-state index < -0.39 is 12.2 Å². The fourth-order valence-electron chi connectivity index (χ4n) is 3.53. The number of halogens is 1. The van der Waals surface area contributed by atoms with E-state index in [0.29, 0.717) is 23.5 Å². The van der Waals surface area contributed by atoms with E-state index in [1.807, 2.05) is 18.2 Å². The Bertz CT molecular complexity index is 1050. The second-order valence-corrected chi connectivity index (χ2v) is 8.54. The minimum atomic E-state index is -0.819. The first-order valence-corrected chi connectivity index (χ1v) is 11.2. The van der Waals surface area contributed by atoms with Crippen molar-refractivity contribution in [2.75, 3.05) is 27.4 Å². The molecule has 3 rings (SSSR count). The summed E-state index contributed by atoms with van der Waals surface area (Å²) in [5.74, 6) is 0.830. The minimum Gasteiger partial charge on any atom is -0.496 e.